The van der Waals surface area contributed by atoms with Crippen molar-refractivity contribution in [3.05, 3.63) is 59.3 Å². The minimum absolute atomic E-state index is 0.0459. The second-order valence-corrected chi connectivity index (χ2v) is 12.6. The number of nitrogens with one attached hydrogen (secondary N) is 1. The molecule has 3 aromatic rings. The second-order valence-electron chi connectivity index (χ2n) is 12.6. The van der Waals surface area contributed by atoms with Gasteiger partial charge in [0.15, 0.2) is 0 Å². The molecule has 43 heavy (non-hydrogen) atoms. The first kappa shape index (κ1) is 27.7. The number of morpholine rings is 1. The van der Waals surface area contributed by atoms with Gasteiger partial charge in [-0.3, -0.25) is 24.6 Å². The number of amides is 3. The van der Waals surface area contributed by atoms with Crippen molar-refractivity contribution in [1.29, 1.82) is 0 Å². The lowest BCUT2D eigenvalue weighted by molar-refractivity contribution is -0.136. The number of anilines is 1. The molecule has 4 aliphatic rings. The van der Waals surface area contributed by atoms with Gasteiger partial charge in [-0.2, -0.15) is 0 Å². The number of hydrogen-bond donors (Lipinski definition) is 1. The van der Waals surface area contributed by atoms with Crippen LogP contribution in [0.3, 0.4) is 0 Å². The molecule has 11 nitrogen and oxygen atoms in total. The Balaban J connectivity index is 0.965. The van der Waals surface area contributed by atoms with Crippen molar-refractivity contribution in [3.8, 4) is 5.75 Å². The number of fused-ring (bicyclic) bond motifs is 2. The van der Waals surface area contributed by atoms with Crippen molar-refractivity contribution < 1.29 is 23.9 Å². The Morgan fingerprint density at radius 2 is 1.98 bits per heavy atom. The molecule has 11 heteroatoms. The molecule has 4 aliphatic heterocycles. The van der Waals surface area contributed by atoms with E-state index < -0.39 is 11.9 Å². The van der Waals surface area contributed by atoms with E-state index in [0.29, 0.717) is 31.7 Å². The van der Waals surface area contributed by atoms with Crippen molar-refractivity contribution in [1.82, 2.24) is 25.1 Å². The lowest BCUT2D eigenvalue weighted by Crippen LogP contribution is -2.53. The highest BCUT2D eigenvalue weighted by Crippen LogP contribution is 2.31. The summed E-state index contributed by atoms with van der Waals surface area (Å²) < 4.78 is 12.0. The van der Waals surface area contributed by atoms with Gasteiger partial charge in [0.05, 0.1) is 24.3 Å². The Bertz CT molecular complexity index is 1610. The van der Waals surface area contributed by atoms with Crippen LogP contribution in [-0.4, -0.2) is 88.0 Å². The lowest BCUT2D eigenvalue weighted by Gasteiger charge is -2.42. The number of rotatable bonds is 6. The highest BCUT2D eigenvalue weighted by molar-refractivity contribution is 6.05. The van der Waals surface area contributed by atoms with Gasteiger partial charge in [0, 0.05) is 56.3 Å². The summed E-state index contributed by atoms with van der Waals surface area (Å²) in [5.74, 6) is 0.604. The first-order valence-corrected chi connectivity index (χ1v) is 15.0. The molecule has 1 N–H and O–H groups in total. The quantitative estimate of drug-likeness (QED) is 0.437. The molecule has 1 aromatic heterocycles. The summed E-state index contributed by atoms with van der Waals surface area (Å²) in [7, 11) is 0. The molecule has 0 saturated carbocycles. The predicted octanol–water partition coefficient (Wildman–Crippen LogP) is 2.66. The van der Waals surface area contributed by atoms with Crippen LogP contribution in [-0.2, 0) is 27.4 Å². The zero-order chi connectivity index (χ0) is 29.7. The number of benzene rings is 2. The fourth-order valence-corrected chi connectivity index (χ4v) is 6.64. The number of carbonyl (C=O) groups is 3. The van der Waals surface area contributed by atoms with Gasteiger partial charge in [-0.1, -0.05) is 6.07 Å². The molecule has 5 heterocycles. The monoisotopic (exact) mass is 584 g/mol. The Labute approximate surface area is 250 Å². The second kappa shape index (κ2) is 10.9. The molecule has 2 atom stereocenters. The van der Waals surface area contributed by atoms with Crippen molar-refractivity contribution in [2.75, 3.05) is 37.7 Å². The number of nitrogens with zero attached hydrogens (tertiary/aromatic N) is 5. The first-order valence-electron chi connectivity index (χ1n) is 15.0. The predicted molar refractivity (Wildman–Crippen MR) is 159 cm³/mol. The molecule has 224 valence electrons. The van der Waals surface area contributed by atoms with Crippen LogP contribution in [0.25, 0.3) is 10.9 Å². The Morgan fingerprint density at radius 1 is 1.09 bits per heavy atom. The van der Waals surface area contributed by atoms with Gasteiger partial charge >= 0.3 is 0 Å². The number of imide groups is 1. The zero-order valence-corrected chi connectivity index (χ0v) is 24.5. The summed E-state index contributed by atoms with van der Waals surface area (Å²) >= 11 is 0. The summed E-state index contributed by atoms with van der Waals surface area (Å²) in [5.41, 5.74) is 3.44. The smallest absolute Gasteiger partial charge is 0.255 e. The molecule has 0 radical (unpaired) electrons. The molecule has 3 amide bonds. The fraction of sp³-hybridized carbons (Fsp3) is 0.469. The number of aromatic nitrogens is 2. The third kappa shape index (κ3) is 5.43. The Hall–Kier alpha value is -4.09. The molecule has 3 saturated heterocycles. The van der Waals surface area contributed by atoms with Gasteiger partial charge in [0.1, 0.15) is 17.9 Å². The van der Waals surface area contributed by atoms with Crippen molar-refractivity contribution in [3.63, 3.8) is 0 Å². The van der Waals surface area contributed by atoms with E-state index in [1.807, 2.05) is 18.3 Å². The van der Waals surface area contributed by atoms with E-state index in [9.17, 15) is 14.4 Å². The topological polar surface area (TPSA) is 117 Å². The Morgan fingerprint density at radius 3 is 2.81 bits per heavy atom. The van der Waals surface area contributed by atoms with Gasteiger partial charge in [-0.05, 0) is 68.1 Å². The van der Waals surface area contributed by atoms with Crippen LogP contribution in [0.2, 0.25) is 0 Å². The van der Waals surface area contributed by atoms with Gasteiger partial charge in [0.2, 0.25) is 17.8 Å². The zero-order valence-electron chi connectivity index (χ0n) is 24.5. The van der Waals surface area contributed by atoms with Gasteiger partial charge in [0.25, 0.3) is 5.91 Å². The number of hydrogen-bond acceptors (Lipinski definition) is 9. The molecular formula is C32H36N6O5. The molecule has 0 spiro atoms. The maximum Gasteiger partial charge on any atom is 0.255 e. The highest BCUT2D eigenvalue weighted by atomic mass is 16.5. The minimum Gasteiger partial charge on any atom is -0.489 e. The molecule has 2 aromatic carbocycles. The van der Waals surface area contributed by atoms with Gasteiger partial charge < -0.3 is 19.3 Å². The van der Waals surface area contributed by atoms with Gasteiger partial charge in [-0.15, -0.1) is 0 Å². The van der Waals surface area contributed by atoms with Gasteiger partial charge in [-0.25, -0.2) is 9.97 Å². The number of likely N-dealkylation sites (tertiary alicyclic amines) is 1. The normalized spacial score (nSPS) is 24.0. The minimum atomic E-state index is -0.619. The third-order valence-corrected chi connectivity index (χ3v) is 8.95. The SMILES string of the molecule is CC1(C)COCCN1c1ncc2cc(CN3CCC(Oc4ccc5c(c4)CN(C4CCC(=O)NC4=O)C5=O)C3)ccc2n1. The fourth-order valence-electron chi connectivity index (χ4n) is 6.64. The lowest BCUT2D eigenvalue weighted by atomic mass is 10.0. The average Bonchev–Trinajstić information content (AvgIpc) is 3.55. The van der Waals surface area contributed by atoms with Crippen LogP contribution < -0.4 is 15.0 Å². The molecule has 7 rings (SSSR count). The van der Waals surface area contributed by atoms with Crippen LogP contribution in [0.1, 0.15) is 54.6 Å². The van der Waals surface area contributed by atoms with E-state index in [1.54, 1.807) is 11.0 Å². The number of piperidine rings is 1. The van der Waals surface area contributed by atoms with E-state index in [-0.39, 0.29) is 29.9 Å². The highest BCUT2D eigenvalue weighted by Gasteiger charge is 2.39. The third-order valence-electron chi connectivity index (χ3n) is 8.95. The van der Waals surface area contributed by atoms with E-state index in [2.05, 4.69) is 47.2 Å². The van der Waals surface area contributed by atoms with Crippen LogP contribution in [0.4, 0.5) is 5.95 Å². The summed E-state index contributed by atoms with van der Waals surface area (Å²) in [6.45, 7) is 9.30. The largest absolute Gasteiger partial charge is 0.489 e. The number of ether oxygens (including phenoxy) is 2. The summed E-state index contributed by atoms with van der Waals surface area (Å²) in [6.07, 6.45) is 3.47. The van der Waals surface area contributed by atoms with E-state index in [4.69, 9.17) is 19.4 Å². The summed E-state index contributed by atoms with van der Waals surface area (Å²) in [4.78, 5) is 52.6. The molecule has 3 fully saturated rings. The maximum absolute atomic E-state index is 13.0. The van der Waals surface area contributed by atoms with Crippen LogP contribution >= 0.6 is 0 Å². The van der Waals surface area contributed by atoms with Crippen molar-refractivity contribution in [2.24, 2.45) is 0 Å². The molecule has 0 aliphatic carbocycles. The van der Waals surface area contributed by atoms with Crippen LogP contribution in [0, 0.1) is 0 Å². The molecule has 2 unspecified atom stereocenters. The summed E-state index contributed by atoms with van der Waals surface area (Å²) in [6, 6.07) is 11.3. The Kier molecular flexibility index (Phi) is 7.01. The average molecular weight is 585 g/mol. The first-order chi connectivity index (χ1) is 20.7. The summed E-state index contributed by atoms with van der Waals surface area (Å²) in [5, 5.41) is 3.37. The standard InChI is InChI=1S/C32H36N6O5/c1-32(2)19-42-12-11-38(32)31-33-15-21-13-20(3-6-26(21)34-31)16-36-10-9-24(18-36)43-23-4-5-25-22(14-23)17-37(30(25)41)27-7-8-28(39)35-29(27)40/h3-6,13-15,24,27H,7-12,16-19H2,1-2H3,(H,35,39,40). The van der Waals surface area contributed by atoms with Crippen molar-refractivity contribution in [2.45, 2.75) is 63.9 Å². The number of carbonyl (C=O) groups excluding carboxylic acids is 3. The van der Waals surface area contributed by atoms with E-state index in [1.165, 1.54) is 5.56 Å². The van der Waals surface area contributed by atoms with Crippen LogP contribution in [0.15, 0.2) is 42.6 Å². The molecular weight excluding hydrogens is 548 g/mol. The molecule has 0 bridgehead atoms. The van der Waals surface area contributed by atoms with E-state index in [0.717, 1.165) is 60.8 Å². The maximum atomic E-state index is 13.0. The van der Waals surface area contributed by atoms with Crippen molar-refractivity contribution >= 4 is 34.6 Å². The van der Waals surface area contributed by atoms with E-state index >= 15 is 0 Å². The van der Waals surface area contributed by atoms with Crippen LogP contribution in [0.5, 0.6) is 5.75 Å².